The number of phenols is 1. The summed E-state index contributed by atoms with van der Waals surface area (Å²) in [6, 6.07) is 9.60. The van der Waals surface area contributed by atoms with Gasteiger partial charge in [0.15, 0.2) is 17.5 Å². The first kappa shape index (κ1) is 21.6. The number of aromatic hydroxyl groups is 1. The molecule has 2 N–H and O–H groups in total. The molecule has 0 bridgehead atoms. The van der Waals surface area contributed by atoms with Gasteiger partial charge in [0.05, 0.1) is 13.7 Å². The molecule has 0 atom stereocenters. The summed E-state index contributed by atoms with van der Waals surface area (Å²) in [7, 11) is 3.58. The maximum Gasteiger partial charge on any atom is 0.193 e. The van der Waals surface area contributed by atoms with Gasteiger partial charge in [0, 0.05) is 25.0 Å². The average Bonchev–Trinajstić information content (AvgIpc) is 3.10. The number of halogens is 1. The summed E-state index contributed by atoms with van der Waals surface area (Å²) in [5.74, 6) is 1.48. The lowest BCUT2D eigenvalue weighted by Crippen LogP contribution is -2.39. The zero-order chi connectivity index (χ0) is 17.4. The van der Waals surface area contributed by atoms with Gasteiger partial charge in [-0.15, -0.1) is 35.3 Å². The SMILES string of the molecule is CCNC(=NCc1ccc(OC)c(O)c1)N(C)CCc1cccs1.I. The number of hydrogen-bond donors (Lipinski definition) is 2. The zero-order valence-corrected chi connectivity index (χ0v) is 18.0. The predicted octanol–water partition coefficient (Wildman–Crippen LogP) is 3.72. The van der Waals surface area contributed by atoms with Crippen molar-refractivity contribution in [3.63, 3.8) is 0 Å². The molecule has 2 aromatic rings. The Labute approximate surface area is 170 Å². The number of ether oxygens (including phenoxy) is 1. The van der Waals surface area contributed by atoms with Gasteiger partial charge in [0.25, 0.3) is 0 Å². The van der Waals surface area contributed by atoms with Gasteiger partial charge in [-0.1, -0.05) is 12.1 Å². The van der Waals surface area contributed by atoms with Gasteiger partial charge in [0.1, 0.15) is 0 Å². The van der Waals surface area contributed by atoms with E-state index < -0.39 is 0 Å². The molecule has 0 amide bonds. The zero-order valence-electron chi connectivity index (χ0n) is 14.9. The minimum absolute atomic E-state index is 0. The molecule has 0 fully saturated rings. The smallest absolute Gasteiger partial charge is 0.193 e. The first-order chi connectivity index (χ1) is 11.6. The number of thiophene rings is 1. The van der Waals surface area contributed by atoms with Gasteiger partial charge >= 0.3 is 0 Å². The molecule has 0 aliphatic rings. The standard InChI is InChI=1S/C18H25N3O2S.HI/c1-4-19-18(21(2)10-9-15-6-5-11-24-15)20-13-14-7-8-17(23-3)16(22)12-14;/h5-8,11-12,22H,4,9-10,13H2,1-3H3,(H,19,20);1H. The summed E-state index contributed by atoms with van der Waals surface area (Å²) in [4.78, 5) is 8.17. The molecule has 0 saturated heterocycles. The molecule has 0 saturated carbocycles. The van der Waals surface area contributed by atoms with Gasteiger partial charge in [-0.25, -0.2) is 4.99 Å². The number of benzene rings is 1. The molecule has 25 heavy (non-hydrogen) atoms. The van der Waals surface area contributed by atoms with Crippen LogP contribution in [0.25, 0.3) is 0 Å². The van der Waals surface area contributed by atoms with Crippen molar-refractivity contribution in [2.45, 2.75) is 19.9 Å². The Hall–Kier alpha value is -1.48. The van der Waals surface area contributed by atoms with E-state index in [1.165, 1.54) is 4.88 Å². The Kier molecular flexibility index (Phi) is 9.66. The molecule has 7 heteroatoms. The van der Waals surface area contributed by atoms with Crippen LogP contribution in [0, 0.1) is 0 Å². The van der Waals surface area contributed by atoms with Gasteiger partial charge < -0.3 is 20.1 Å². The summed E-state index contributed by atoms with van der Waals surface area (Å²) in [5.41, 5.74) is 0.940. The van der Waals surface area contributed by atoms with Crippen molar-refractivity contribution in [1.29, 1.82) is 0 Å². The molecular weight excluding hydrogens is 449 g/mol. The number of aliphatic imine (C=N–C) groups is 1. The highest BCUT2D eigenvalue weighted by molar-refractivity contribution is 14.0. The monoisotopic (exact) mass is 475 g/mol. The molecule has 138 valence electrons. The Morgan fingerprint density at radius 3 is 2.76 bits per heavy atom. The van der Waals surface area contributed by atoms with E-state index in [0.717, 1.165) is 31.0 Å². The normalized spacial score (nSPS) is 10.9. The van der Waals surface area contributed by atoms with Crippen molar-refractivity contribution in [3.05, 3.63) is 46.2 Å². The molecule has 0 unspecified atom stereocenters. The molecule has 0 spiro atoms. The summed E-state index contributed by atoms with van der Waals surface area (Å²) < 4.78 is 5.06. The van der Waals surface area contributed by atoms with E-state index >= 15 is 0 Å². The fourth-order valence-corrected chi connectivity index (χ4v) is 3.01. The predicted molar refractivity (Wildman–Crippen MR) is 116 cm³/mol. The highest BCUT2D eigenvalue weighted by Gasteiger charge is 2.07. The fourth-order valence-electron chi connectivity index (χ4n) is 2.31. The molecule has 5 nitrogen and oxygen atoms in total. The molecule has 1 aromatic carbocycles. The van der Waals surface area contributed by atoms with Crippen LogP contribution in [0.2, 0.25) is 0 Å². The summed E-state index contributed by atoms with van der Waals surface area (Å²) in [6.07, 6.45) is 1.00. The fraction of sp³-hybridized carbons (Fsp3) is 0.389. The third kappa shape index (κ3) is 6.74. The molecule has 0 aliphatic heterocycles. The van der Waals surface area contributed by atoms with Crippen LogP contribution in [-0.4, -0.2) is 43.2 Å². The number of likely N-dealkylation sites (N-methyl/N-ethyl adjacent to an activating group) is 1. The number of methoxy groups -OCH3 is 1. The average molecular weight is 475 g/mol. The Morgan fingerprint density at radius 1 is 1.36 bits per heavy atom. The van der Waals surface area contributed by atoms with Gasteiger partial charge in [0.2, 0.25) is 0 Å². The molecule has 1 heterocycles. The van der Waals surface area contributed by atoms with Crippen LogP contribution < -0.4 is 10.1 Å². The lowest BCUT2D eigenvalue weighted by molar-refractivity contribution is 0.373. The minimum atomic E-state index is 0. The molecule has 0 aliphatic carbocycles. The minimum Gasteiger partial charge on any atom is -0.504 e. The van der Waals surface area contributed by atoms with E-state index in [1.807, 2.05) is 13.1 Å². The van der Waals surface area contributed by atoms with Crippen LogP contribution in [0.15, 0.2) is 40.7 Å². The Balaban J connectivity index is 0.00000312. The van der Waals surface area contributed by atoms with Crippen molar-refractivity contribution in [2.75, 3.05) is 27.2 Å². The first-order valence-corrected chi connectivity index (χ1v) is 8.89. The number of nitrogens with one attached hydrogen (secondary N) is 1. The number of guanidine groups is 1. The second kappa shape index (κ2) is 11.2. The molecule has 1 aromatic heterocycles. The highest BCUT2D eigenvalue weighted by atomic mass is 127. The Bertz CT molecular complexity index is 662. The van der Waals surface area contributed by atoms with Crippen LogP contribution >= 0.6 is 35.3 Å². The number of nitrogens with zero attached hydrogens (tertiary/aromatic N) is 2. The van der Waals surface area contributed by atoms with E-state index in [9.17, 15) is 5.11 Å². The summed E-state index contributed by atoms with van der Waals surface area (Å²) in [5, 5.41) is 15.3. The lowest BCUT2D eigenvalue weighted by Gasteiger charge is -2.21. The van der Waals surface area contributed by atoms with Crippen molar-refractivity contribution in [1.82, 2.24) is 10.2 Å². The van der Waals surface area contributed by atoms with Crippen LogP contribution in [0.1, 0.15) is 17.4 Å². The van der Waals surface area contributed by atoms with Gasteiger partial charge in [-0.2, -0.15) is 0 Å². The van der Waals surface area contributed by atoms with Crippen molar-refractivity contribution in [3.8, 4) is 11.5 Å². The van der Waals surface area contributed by atoms with E-state index in [2.05, 4.69) is 39.6 Å². The topological polar surface area (TPSA) is 57.1 Å². The van der Waals surface area contributed by atoms with Crippen LogP contribution in [0.5, 0.6) is 11.5 Å². The van der Waals surface area contributed by atoms with Gasteiger partial charge in [-0.3, -0.25) is 0 Å². The van der Waals surface area contributed by atoms with Crippen molar-refractivity contribution < 1.29 is 9.84 Å². The Morgan fingerprint density at radius 2 is 2.16 bits per heavy atom. The second-order valence-electron chi connectivity index (χ2n) is 5.43. The number of phenolic OH excluding ortho intramolecular Hbond substituents is 1. The van der Waals surface area contributed by atoms with E-state index in [4.69, 9.17) is 4.74 Å². The summed E-state index contributed by atoms with van der Waals surface area (Å²) in [6.45, 7) is 4.28. The number of rotatable bonds is 7. The van der Waals surface area contributed by atoms with E-state index in [1.54, 1.807) is 30.6 Å². The van der Waals surface area contributed by atoms with Crippen LogP contribution in [0.3, 0.4) is 0 Å². The van der Waals surface area contributed by atoms with Crippen molar-refractivity contribution in [2.24, 2.45) is 4.99 Å². The first-order valence-electron chi connectivity index (χ1n) is 8.01. The molecule has 2 rings (SSSR count). The second-order valence-corrected chi connectivity index (χ2v) is 6.46. The third-order valence-electron chi connectivity index (χ3n) is 3.62. The lowest BCUT2D eigenvalue weighted by atomic mass is 10.2. The summed E-state index contributed by atoms with van der Waals surface area (Å²) >= 11 is 1.78. The molecular formula is C18H26IN3O2S. The largest absolute Gasteiger partial charge is 0.504 e. The maximum absolute atomic E-state index is 9.86. The van der Waals surface area contributed by atoms with Crippen LogP contribution in [0.4, 0.5) is 0 Å². The van der Waals surface area contributed by atoms with Gasteiger partial charge in [-0.05, 0) is 42.5 Å². The van der Waals surface area contributed by atoms with Crippen LogP contribution in [-0.2, 0) is 13.0 Å². The van der Waals surface area contributed by atoms with Crippen molar-refractivity contribution >= 4 is 41.3 Å². The van der Waals surface area contributed by atoms with E-state index in [0.29, 0.717) is 12.3 Å². The third-order valence-corrected chi connectivity index (χ3v) is 4.56. The number of hydrogen-bond acceptors (Lipinski definition) is 4. The maximum atomic E-state index is 9.86. The molecule has 0 radical (unpaired) electrons. The quantitative estimate of drug-likeness (QED) is 0.364. The highest BCUT2D eigenvalue weighted by Crippen LogP contribution is 2.26. The van der Waals surface area contributed by atoms with E-state index in [-0.39, 0.29) is 29.7 Å².